The van der Waals surface area contributed by atoms with Crippen LogP contribution in [0.2, 0.25) is 5.02 Å². The predicted octanol–water partition coefficient (Wildman–Crippen LogP) is 4.08. The van der Waals surface area contributed by atoms with Gasteiger partial charge in [0.25, 0.3) is 0 Å². The Kier molecular flexibility index (Phi) is 5.24. The van der Waals surface area contributed by atoms with Gasteiger partial charge in [0.1, 0.15) is 0 Å². The number of esters is 1. The number of nitrogens with zero attached hydrogens (tertiary/aromatic N) is 2. The number of para-hydroxylation sites is 2. The number of amidine groups is 1. The van der Waals surface area contributed by atoms with E-state index in [2.05, 4.69) is 23.5 Å². The SMILES string of the molecule is CCOC(=O)/C(=N/Nc1ccccc1Cl)N1c2ccccc2CC1C. The molecule has 0 aliphatic carbocycles. The summed E-state index contributed by atoms with van der Waals surface area (Å²) in [6.07, 6.45) is 0.848. The number of hydrazone groups is 1. The molecular weight excluding hydrogens is 338 g/mol. The van der Waals surface area contributed by atoms with Crippen molar-refractivity contribution in [1.82, 2.24) is 0 Å². The summed E-state index contributed by atoms with van der Waals surface area (Å²) in [5, 5.41) is 4.87. The Morgan fingerprint density at radius 3 is 2.76 bits per heavy atom. The molecule has 0 saturated heterocycles. The Labute approximate surface area is 152 Å². The van der Waals surface area contributed by atoms with E-state index in [0.717, 1.165) is 12.1 Å². The van der Waals surface area contributed by atoms with Gasteiger partial charge in [-0.05, 0) is 44.0 Å². The molecule has 25 heavy (non-hydrogen) atoms. The first-order valence-corrected chi connectivity index (χ1v) is 8.62. The van der Waals surface area contributed by atoms with Crippen LogP contribution in [0.3, 0.4) is 0 Å². The molecule has 1 aliphatic heterocycles. The van der Waals surface area contributed by atoms with E-state index in [1.165, 1.54) is 5.56 Å². The number of benzene rings is 2. The van der Waals surface area contributed by atoms with Gasteiger partial charge in [0.15, 0.2) is 0 Å². The van der Waals surface area contributed by atoms with Crippen LogP contribution >= 0.6 is 11.6 Å². The van der Waals surface area contributed by atoms with Gasteiger partial charge in [-0.25, -0.2) is 4.79 Å². The number of halogens is 1. The average molecular weight is 358 g/mol. The molecule has 1 heterocycles. The highest BCUT2D eigenvalue weighted by molar-refractivity contribution is 6.41. The van der Waals surface area contributed by atoms with Gasteiger partial charge in [0, 0.05) is 11.7 Å². The lowest BCUT2D eigenvalue weighted by Crippen LogP contribution is -2.42. The highest BCUT2D eigenvalue weighted by atomic mass is 35.5. The van der Waals surface area contributed by atoms with E-state index in [1.54, 1.807) is 19.1 Å². The second-order valence-electron chi connectivity index (χ2n) is 5.80. The van der Waals surface area contributed by atoms with Crippen molar-refractivity contribution in [3.05, 3.63) is 59.1 Å². The molecule has 1 atom stereocenters. The zero-order chi connectivity index (χ0) is 17.8. The Bertz CT molecular complexity index is 807. The van der Waals surface area contributed by atoms with E-state index in [9.17, 15) is 4.79 Å². The Hall–Kier alpha value is -2.53. The minimum absolute atomic E-state index is 0.105. The van der Waals surface area contributed by atoms with E-state index in [1.807, 2.05) is 35.2 Å². The topological polar surface area (TPSA) is 53.9 Å². The molecule has 3 rings (SSSR count). The van der Waals surface area contributed by atoms with Gasteiger partial charge in [0.05, 0.1) is 17.3 Å². The van der Waals surface area contributed by atoms with Crippen molar-refractivity contribution in [3.8, 4) is 0 Å². The van der Waals surface area contributed by atoms with Crippen molar-refractivity contribution in [3.63, 3.8) is 0 Å². The van der Waals surface area contributed by atoms with Crippen LogP contribution in [0, 0.1) is 0 Å². The molecule has 5 nitrogen and oxygen atoms in total. The van der Waals surface area contributed by atoms with Gasteiger partial charge in [-0.1, -0.05) is 41.9 Å². The first kappa shape index (κ1) is 17.3. The van der Waals surface area contributed by atoms with Crippen molar-refractivity contribution >= 4 is 34.8 Å². The number of hydrogen-bond donors (Lipinski definition) is 1. The van der Waals surface area contributed by atoms with Crippen LogP contribution in [0.5, 0.6) is 0 Å². The summed E-state index contributed by atoms with van der Waals surface area (Å²) in [5.74, 6) is -0.246. The molecule has 2 aromatic carbocycles. The molecule has 1 unspecified atom stereocenters. The minimum Gasteiger partial charge on any atom is -0.460 e. The van der Waals surface area contributed by atoms with Crippen LogP contribution in [0.4, 0.5) is 11.4 Å². The lowest BCUT2D eigenvalue weighted by molar-refractivity contribution is -0.135. The fraction of sp³-hybridized carbons (Fsp3) is 0.263. The highest BCUT2D eigenvalue weighted by Gasteiger charge is 2.33. The first-order valence-electron chi connectivity index (χ1n) is 8.24. The summed E-state index contributed by atoms with van der Waals surface area (Å²) in [7, 11) is 0. The Morgan fingerprint density at radius 1 is 1.28 bits per heavy atom. The third-order valence-corrected chi connectivity index (χ3v) is 4.38. The smallest absolute Gasteiger partial charge is 0.376 e. The molecule has 0 bridgehead atoms. The monoisotopic (exact) mass is 357 g/mol. The fourth-order valence-electron chi connectivity index (χ4n) is 2.95. The van der Waals surface area contributed by atoms with Crippen LogP contribution in [-0.2, 0) is 16.0 Å². The van der Waals surface area contributed by atoms with E-state index in [4.69, 9.17) is 16.3 Å². The van der Waals surface area contributed by atoms with Crippen LogP contribution < -0.4 is 10.3 Å². The minimum atomic E-state index is -0.467. The summed E-state index contributed by atoms with van der Waals surface area (Å²) in [5.41, 5.74) is 5.68. The van der Waals surface area contributed by atoms with Crippen molar-refractivity contribution < 1.29 is 9.53 Å². The Morgan fingerprint density at radius 2 is 2.00 bits per heavy atom. The summed E-state index contributed by atoms with van der Waals surface area (Å²) in [4.78, 5) is 14.4. The maximum absolute atomic E-state index is 12.5. The fourth-order valence-corrected chi connectivity index (χ4v) is 3.12. The number of rotatable bonds is 3. The number of carbonyl (C=O) groups is 1. The quantitative estimate of drug-likeness (QED) is 0.389. The number of hydrogen-bond acceptors (Lipinski definition) is 4. The normalized spacial score (nSPS) is 16.5. The number of anilines is 2. The second kappa shape index (κ2) is 7.57. The third-order valence-electron chi connectivity index (χ3n) is 4.05. The molecular formula is C19H20ClN3O2. The molecule has 0 spiro atoms. The van der Waals surface area contributed by atoms with Crippen LogP contribution in [0.15, 0.2) is 53.6 Å². The molecule has 0 aromatic heterocycles. The lowest BCUT2D eigenvalue weighted by atomic mass is 10.1. The van der Waals surface area contributed by atoms with E-state index in [0.29, 0.717) is 10.7 Å². The van der Waals surface area contributed by atoms with Gasteiger partial charge < -0.3 is 9.64 Å². The number of ether oxygens (including phenoxy) is 1. The molecule has 6 heteroatoms. The summed E-state index contributed by atoms with van der Waals surface area (Å²) in [6, 6.07) is 15.4. The van der Waals surface area contributed by atoms with Crippen molar-refractivity contribution in [2.45, 2.75) is 26.3 Å². The average Bonchev–Trinajstić information content (AvgIpc) is 2.93. The zero-order valence-corrected chi connectivity index (χ0v) is 15.0. The standard InChI is InChI=1S/C19H20ClN3O2/c1-3-25-19(24)18(22-21-16-10-6-5-9-15(16)20)23-13(2)12-14-8-4-7-11-17(14)23/h4-11,13,21H,3,12H2,1-2H3/b22-18-. The van der Waals surface area contributed by atoms with Crippen molar-refractivity contribution in [2.75, 3.05) is 16.9 Å². The largest absolute Gasteiger partial charge is 0.460 e. The van der Waals surface area contributed by atoms with Gasteiger partial charge >= 0.3 is 5.97 Å². The van der Waals surface area contributed by atoms with Gasteiger partial charge in [-0.2, -0.15) is 0 Å². The Balaban J connectivity index is 1.97. The summed E-state index contributed by atoms with van der Waals surface area (Å²) >= 11 is 6.16. The van der Waals surface area contributed by atoms with E-state index in [-0.39, 0.29) is 18.5 Å². The molecule has 1 aliphatic rings. The molecule has 0 amide bonds. The number of carbonyl (C=O) groups excluding carboxylic acids is 1. The molecule has 1 N–H and O–H groups in total. The second-order valence-corrected chi connectivity index (χ2v) is 6.21. The van der Waals surface area contributed by atoms with Crippen molar-refractivity contribution in [2.24, 2.45) is 5.10 Å². The summed E-state index contributed by atoms with van der Waals surface area (Å²) < 4.78 is 5.21. The zero-order valence-electron chi connectivity index (χ0n) is 14.2. The molecule has 2 aromatic rings. The maximum Gasteiger partial charge on any atom is 0.376 e. The van der Waals surface area contributed by atoms with Gasteiger partial charge in [0.2, 0.25) is 5.84 Å². The van der Waals surface area contributed by atoms with Gasteiger partial charge in [-0.3, -0.25) is 5.43 Å². The van der Waals surface area contributed by atoms with E-state index < -0.39 is 5.97 Å². The number of nitrogens with one attached hydrogen (secondary N) is 1. The van der Waals surface area contributed by atoms with Crippen molar-refractivity contribution in [1.29, 1.82) is 0 Å². The lowest BCUT2D eigenvalue weighted by Gasteiger charge is -2.25. The third kappa shape index (κ3) is 3.61. The maximum atomic E-state index is 12.5. The first-order chi connectivity index (χ1) is 12.1. The molecule has 0 saturated carbocycles. The van der Waals surface area contributed by atoms with E-state index >= 15 is 0 Å². The highest BCUT2D eigenvalue weighted by Crippen LogP contribution is 2.32. The van der Waals surface area contributed by atoms with Gasteiger partial charge in [-0.15, -0.1) is 5.10 Å². The predicted molar refractivity (Wildman–Crippen MR) is 101 cm³/mol. The van der Waals surface area contributed by atoms with Crippen LogP contribution in [0.25, 0.3) is 0 Å². The van der Waals surface area contributed by atoms with Crippen LogP contribution in [0.1, 0.15) is 19.4 Å². The molecule has 130 valence electrons. The molecule has 0 fully saturated rings. The summed E-state index contributed by atoms with van der Waals surface area (Å²) in [6.45, 7) is 4.12. The number of fused-ring (bicyclic) bond motifs is 1. The van der Waals surface area contributed by atoms with Crippen LogP contribution in [-0.4, -0.2) is 24.5 Å². The molecule has 0 radical (unpaired) electrons.